The predicted molar refractivity (Wildman–Crippen MR) is 111 cm³/mol. The third-order valence-electron chi connectivity index (χ3n) is 4.86. The van der Waals surface area contributed by atoms with Crippen molar-refractivity contribution in [2.75, 3.05) is 26.4 Å². The number of aromatic carboxylic acids is 1. The highest BCUT2D eigenvalue weighted by Gasteiger charge is 2.27. The number of ether oxygens (including phenoxy) is 1. The van der Waals surface area contributed by atoms with Crippen LogP contribution in [0.15, 0.2) is 36.4 Å². The van der Waals surface area contributed by atoms with Crippen molar-refractivity contribution in [3.05, 3.63) is 64.2 Å². The van der Waals surface area contributed by atoms with Crippen LogP contribution in [0.1, 0.15) is 57.6 Å². The fourth-order valence-corrected chi connectivity index (χ4v) is 4.69. The molecule has 5 heteroatoms. The second-order valence-electron chi connectivity index (χ2n) is 7.51. The van der Waals surface area contributed by atoms with E-state index in [1.54, 1.807) is 18.2 Å². The van der Waals surface area contributed by atoms with Crippen molar-refractivity contribution < 1.29 is 14.6 Å². The molecule has 1 N–H and O–H groups in total. The number of hydrogen-bond acceptors (Lipinski definition) is 4. The van der Waals surface area contributed by atoms with Crippen LogP contribution in [0.2, 0.25) is 0 Å². The maximum atomic E-state index is 11.5. The largest absolute Gasteiger partial charge is 0.489 e. The molecule has 0 aromatic heterocycles. The summed E-state index contributed by atoms with van der Waals surface area (Å²) in [6.45, 7) is 5.87. The Balaban J connectivity index is 2.08. The summed E-state index contributed by atoms with van der Waals surface area (Å²) in [5.41, 5.74) is 4.98. The lowest BCUT2D eigenvalue weighted by molar-refractivity contribution is 0.0696. The number of carbonyl (C=O) groups is 1. The van der Waals surface area contributed by atoms with E-state index in [-0.39, 0.29) is 5.25 Å². The van der Waals surface area contributed by atoms with Crippen LogP contribution >= 0.6 is 11.8 Å². The van der Waals surface area contributed by atoms with Gasteiger partial charge in [0.15, 0.2) is 0 Å². The van der Waals surface area contributed by atoms with Gasteiger partial charge in [-0.05, 0) is 54.9 Å². The quantitative estimate of drug-likeness (QED) is 0.775. The van der Waals surface area contributed by atoms with Crippen LogP contribution in [0.5, 0.6) is 5.75 Å². The highest BCUT2D eigenvalue weighted by molar-refractivity contribution is 7.99. The molecule has 1 unspecified atom stereocenters. The molecule has 1 atom stereocenters. The minimum absolute atomic E-state index is 0.0652. The molecule has 0 saturated carbocycles. The molecule has 4 nitrogen and oxygen atoms in total. The average Bonchev–Trinajstić information content (AvgIpc) is 2.77. The topological polar surface area (TPSA) is 49.8 Å². The molecule has 27 heavy (non-hydrogen) atoms. The molecule has 2 aromatic carbocycles. The van der Waals surface area contributed by atoms with E-state index in [9.17, 15) is 9.90 Å². The molecular formula is C22H27NO3S. The van der Waals surface area contributed by atoms with Crippen LogP contribution < -0.4 is 4.74 Å². The fraction of sp³-hybridized carbons (Fsp3) is 0.409. The minimum Gasteiger partial charge on any atom is -0.489 e. The molecule has 1 aliphatic rings. The second kappa shape index (κ2) is 8.36. The van der Waals surface area contributed by atoms with Crippen LogP contribution in [-0.4, -0.2) is 42.4 Å². The Morgan fingerprint density at radius 2 is 2.00 bits per heavy atom. The molecule has 0 fully saturated rings. The van der Waals surface area contributed by atoms with Crippen molar-refractivity contribution >= 4 is 17.7 Å². The molecular weight excluding hydrogens is 358 g/mol. The molecule has 0 bridgehead atoms. The molecule has 0 radical (unpaired) electrons. The smallest absolute Gasteiger partial charge is 0.335 e. The van der Waals surface area contributed by atoms with Gasteiger partial charge in [0.1, 0.15) is 12.4 Å². The Morgan fingerprint density at radius 3 is 2.67 bits per heavy atom. The lowest BCUT2D eigenvalue weighted by Gasteiger charge is -2.21. The Bertz CT molecular complexity index is 832. The average molecular weight is 386 g/mol. The van der Waals surface area contributed by atoms with Gasteiger partial charge >= 0.3 is 5.97 Å². The van der Waals surface area contributed by atoms with E-state index in [0.717, 1.165) is 23.6 Å². The first-order valence-corrected chi connectivity index (χ1v) is 10.3. The Hall–Kier alpha value is -1.98. The first kappa shape index (κ1) is 19.8. The first-order valence-electron chi connectivity index (χ1n) is 9.26. The highest BCUT2D eigenvalue weighted by atomic mass is 32.2. The number of thioether (sulfide) groups is 1. The van der Waals surface area contributed by atoms with Gasteiger partial charge in [-0.3, -0.25) is 0 Å². The summed E-state index contributed by atoms with van der Waals surface area (Å²) >= 11 is 1.85. The van der Waals surface area contributed by atoms with Gasteiger partial charge in [-0.1, -0.05) is 32.0 Å². The van der Waals surface area contributed by atoms with Crippen LogP contribution in [0.3, 0.4) is 0 Å². The molecule has 0 saturated heterocycles. The molecule has 2 aromatic rings. The molecule has 3 rings (SSSR count). The summed E-state index contributed by atoms with van der Waals surface area (Å²) in [4.78, 5) is 13.7. The summed E-state index contributed by atoms with van der Waals surface area (Å²) < 4.78 is 6.05. The van der Waals surface area contributed by atoms with Gasteiger partial charge in [0.2, 0.25) is 0 Å². The fourth-order valence-electron chi connectivity index (χ4n) is 3.22. The van der Waals surface area contributed by atoms with Crippen molar-refractivity contribution in [3.63, 3.8) is 0 Å². The third-order valence-corrected chi connectivity index (χ3v) is 6.12. The molecule has 144 valence electrons. The van der Waals surface area contributed by atoms with E-state index in [4.69, 9.17) is 4.74 Å². The molecule has 1 heterocycles. The zero-order valence-corrected chi connectivity index (χ0v) is 17.2. The van der Waals surface area contributed by atoms with Crippen molar-refractivity contribution in [2.45, 2.75) is 31.6 Å². The number of carboxylic acids is 1. The third kappa shape index (κ3) is 4.47. The lowest BCUT2D eigenvalue weighted by Crippen LogP contribution is -2.16. The summed E-state index contributed by atoms with van der Waals surface area (Å²) in [5, 5.41) is 9.51. The van der Waals surface area contributed by atoms with Crippen LogP contribution in [0, 0.1) is 0 Å². The Morgan fingerprint density at radius 1 is 1.22 bits per heavy atom. The second-order valence-corrected chi connectivity index (χ2v) is 8.73. The van der Waals surface area contributed by atoms with E-state index in [1.165, 1.54) is 16.7 Å². The minimum atomic E-state index is -0.907. The van der Waals surface area contributed by atoms with Crippen LogP contribution in [-0.2, 0) is 6.61 Å². The Kier molecular flexibility index (Phi) is 6.12. The monoisotopic (exact) mass is 385 g/mol. The number of benzene rings is 2. The number of hydrogen-bond donors (Lipinski definition) is 1. The summed E-state index contributed by atoms with van der Waals surface area (Å²) in [5.74, 6) is 1.27. The van der Waals surface area contributed by atoms with E-state index in [0.29, 0.717) is 18.1 Å². The van der Waals surface area contributed by atoms with Gasteiger partial charge in [0, 0.05) is 17.9 Å². The van der Waals surface area contributed by atoms with Gasteiger partial charge in [-0.2, -0.15) is 0 Å². The predicted octanol–water partition coefficient (Wildman–Crippen LogP) is 4.78. The molecule has 0 spiro atoms. The van der Waals surface area contributed by atoms with Crippen molar-refractivity contribution in [1.29, 1.82) is 0 Å². The number of fused-ring (bicyclic) bond motifs is 2. The molecule has 0 aliphatic carbocycles. The van der Waals surface area contributed by atoms with E-state index in [2.05, 4.69) is 51.0 Å². The van der Waals surface area contributed by atoms with Crippen molar-refractivity contribution in [1.82, 2.24) is 4.90 Å². The van der Waals surface area contributed by atoms with E-state index in [1.807, 2.05) is 11.8 Å². The maximum Gasteiger partial charge on any atom is 0.335 e. The first-order chi connectivity index (χ1) is 12.9. The van der Waals surface area contributed by atoms with E-state index >= 15 is 0 Å². The zero-order chi connectivity index (χ0) is 19.6. The van der Waals surface area contributed by atoms with Crippen LogP contribution in [0.25, 0.3) is 0 Å². The van der Waals surface area contributed by atoms with Gasteiger partial charge in [-0.15, -0.1) is 11.8 Å². The van der Waals surface area contributed by atoms with E-state index < -0.39 is 5.97 Å². The number of rotatable bonds is 6. The molecule has 1 aliphatic heterocycles. The van der Waals surface area contributed by atoms with Crippen molar-refractivity contribution in [3.8, 4) is 5.75 Å². The van der Waals surface area contributed by atoms with Gasteiger partial charge in [0.05, 0.1) is 10.8 Å². The number of nitrogens with zero attached hydrogens (tertiary/aromatic N) is 1. The Labute approximate surface area is 165 Å². The van der Waals surface area contributed by atoms with Gasteiger partial charge in [0.25, 0.3) is 0 Å². The summed E-state index contributed by atoms with van der Waals surface area (Å²) in [6.07, 6.45) is 0. The zero-order valence-electron chi connectivity index (χ0n) is 16.4. The van der Waals surface area contributed by atoms with Gasteiger partial charge in [-0.25, -0.2) is 4.79 Å². The summed E-state index contributed by atoms with van der Waals surface area (Å²) in [7, 11) is 4.14. The maximum absolute atomic E-state index is 11.5. The molecule has 0 amide bonds. The lowest BCUT2D eigenvalue weighted by atomic mass is 9.93. The normalized spacial score (nSPS) is 15.9. The summed E-state index contributed by atoms with van der Waals surface area (Å²) in [6, 6.07) is 11.8. The SMILES string of the molecule is CC(C)c1ccc2c(c1)C(SCCN(C)C)c1cc(C(=O)O)ccc1OC2. The van der Waals surface area contributed by atoms with Crippen LogP contribution in [0.4, 0.5) is 0 Å². The highest BCUT2D eigenvalue weighted by Crippen LogP contribution is 2.45. The standard InChI is InChI=1S/C22H27NO3S/c1-14(2)15-5-6-17-13-26-20-8-7-16(22(24)25)12-19(20)21(18(17)11-15)27-10-9-23(3)4/h5-8,11-12,14,21H,9-10,13H2,1-4H3,(H,24,25). The van der Waals surface area contributed by atoms with Crippen molar-refractivity contribution in [2.24, 2.45) is 0 Å². The van der Waals surface area contributed by atoms with Gasteiger partial charge < -0.3 is 14.7 Å². The number of carboxylic acid groups (broad SMARTS) is 1.